The van der Waals surface area contributed by atoms with E-state index < -0.39 is 0 Å². The Hall–Kier alpha value is -1.51. The second-order valence-electron chi connectivity index (χ2n) is 5.36. The number of hydrogen-bond acceptors (Lipinski definition) is 2. The van der Waals surface area contributed by atoms with E-state index in [9.17, 15) is 0 Å². The molecule has 3 rings (SSSR count). The van der Waals surface area contributed by atoms with E-state index in [4.69, 9.17) is 0 Å². The molecule has 0 spiro atoms. The smallest absolute Gasteiger partial charge is 0.0670 e. The molecule has 1 heterocycles. The van der Waals surface area contributed by atoms with Crippen LogP contribution in [0.1, 0.15) is 44.9 Å². The first kappa shape index (κ1) is 11.6. The summed E-state index contributed by atoms with van der Waals surface area (Å²) in [6.07, 6.45) is 11.4. The minimum Gasteiger partial charge on any atom is -0.382 e. The Labute approximate surface area is 108 Å². The normalized spacial score (nSPS) is 18.4. The van der Waals surface area contributed by atoms with Gasteiger partial charge in [-0.05, 0) is 31.0 Å². The molecular weight excluding hydrogens is 222 g/mol. The average Bonchev–Trinajstić information content (AvgIpc) is 2.79. The highest BCUT2D eigenvalue weighted by Gasteiger charge is 2.11. The van der Waals surface area contributed by atoms with Crippen molar-refractivity contribution in [3.05, 3.63) is 24.4 Å². The van der Waals surface area contributed by atoms with Crippen molar-refractivity contribution in [1.82, 2.24) is 10.2 Å². The Bertz CT molecular complexity index is 495. The van der Waals surface area contributed by atoms with Crippen molar-refractivity contribution in [3.63, 3.8) is 0 Å². The summed E-state index contributed by atoms with van der Waals surface area (Å²) >= 11 is 0. The van der Waals surface area contributed by atoms with Crippen LogP contribution in [-0.2, 0) is 0 Å². The summed E-state index contributed by atoms with van der Waals surface area (Å²) < 4.78 is 0. The number of aromatic nitrogens is 2. The van der Waals surface area contributed by atoms with Crippen molar-refractivity contribution in [2.75, 3.05) is 5.32 Å². The van der Waals surface area contributed by atoms with Gasteiger partial charge in [-0.1, -0.05) is 32.1 Å². The zero-order chi connectivity index (χ0) is 12.2. The molecule has 3 heteroatoms. The first-order valence-corrected chi connectivity index (χ1v) is 7.11. The fourth-order valence-electron chi connectivity index (χ4n) is 2.86. The number of hydrogen-bond donors (Lipinski definition) is 2. The van der Waals surface area contributed by atoms with E-state index in [1.54, 1.807) is 0 Å². The van der Waals surface area contributed by atoms with E-state index in [-0.39, 0.29) is 0 Å². The molecule has 1 fully saturated rings. The molecule has 0 amide bonds. The van der Waals surface area contributed by atoms with E-state index in [2.05, 4.69) is 33.7 Å². The molecule has 1 saturated carbocycles. The lowest BCUT2D eigenvalue weighted by Crippen LogP contribution is -2.20. The summed E-state index contributed by atoms with van der Waals surface area (Å²) in [7, 11) is 0. The maximum atomic E-state index is 4.06. The molecule has 1 aliphatic rings. The molecule has 2 aromatic rings. The predicted octanol–water partition coefficient (Wildman–Crippen LogP) is 4.09. The molecule has 3 nitrogen and oxygen atoms in total. The molecule has 2 N–H and O–H groups in total. The molecule has 18 heavy (non-hydrogen) atoms. The monoisotopic (exact) mass is 243 g/mol. The van der Waals surface area contributed by atoms with E-state index >= 15 is 0 Å². The summed E-state index contributed by atoms with van der Waals surface area (Å²) in [6.45, 7) is 0. The third-order valence-corrected chi connectivity index (χ3v) is 3.92. The largest absolute Gasteiger partial charge is 0.382 e. The maximum absolute atomic E-state index is 4.06. The number of rotatable bonds is 2. The van der Waals surface area contributed by atoms with Crippen LogP contribution in [0.25, 0.3) is 10.9 Å². The highest BCUT2D eigenvalue weighted by Crippen LogP contribution is 2.22. The average molecular weight is 243 g/mol. The Morgan fingerprint density at radius 1 is 1.06 bits per heavy atom. The molecular formula is C15H21N3. The van der Waals surface area contributed by atoms with Gasteiger partial charge in [-0.25, -0.2) is 0 Å². The zero-order valence-electron chi connectivity index (χ0n) is 10.8. The first-order chi connectivity index (χ1) is 8.92. The van der Waals surface area contributed by atoms with Crippen LogP contribution in [0.4, 0.5) is 5.69 Å². The van der Waals surface area contributed by atoms with E-state index in [1.165, 1.54) is 56.0 Å². The van der Waals surface area contributed by atoms with Gasteiger partial charge in [0.1, 0.15) is 0 Å². The van der Waals surface area contributed by atoms with E-state index in [0.717, 1.165) is 5.52 Å². The van der Waals surface area contributed by atoms with Crippen LogP contribution < -0.4 is 5.32 Å². The molecule has 0 unspecified atom stereocenters. The van der Waals surface area contributed by atoms with Crippen LogP contribution in [0.3, 0.4) is 0 Å². The summed E-state index contributed by atoms with van der Waals surface area (Å²) in [5.41, 5.74) is 2.34. The predicted molar refractivity (Wildman–Crippen MR) is 75.8 cm³/mol. The Kier molecular flexibility index (Phi) is 3.49. The van der Waals surface area contributed by atoms with Crippen molar-refractivity contribution < 1.29 is 0 Å². The summed E-state index contributed by atoms with van der Waals surface area (Å²) in [5, 5.41) is 12.0. The molecule has 0 radical (unpaired) electrons. The molecule has 1 aromatic heterocycles. The first-order valence-electron chi connectivity index (χ1n) is 7.11. The number of anilines is 1. The lowest BCUT2D eigenvalue weighted by atomic mass is 9.96. The molecule has 1 aromatic carbocycles. The van der Waals surface area contributed by atoms with Gasteiger partial charge in [-0.2, -0.15) is 5.10 Å². The lowest BCUT2D eigenvalue weighted by molar-refractivity contribution is 0.471. The highest BCUT2D eigenvalue weighted by atomic mass is 15.1. The third kappa shape index (κ3) is 2.66. The van der Waals surface area contributed by atoms with Gasteiger partial charge < -0.3 is 5.32 Å². The van der Waals surface area contributed by atoms with Crippen LogP contribution >= 0.6 is 0 Å². The van der Waals surface area contributed by atoms with Gasteiger partial charge in [0, 0.05) is 17.1 Å². The molecule has 0 bridgehead atoms. The van der Waals surface area contributed by atoms with Crippen LogP contribution in [0.2, 0.25) is 0 Å². The minimum atomic E-state index is 0.644. The number of H-pyrrole nitrogens is 1. The van der Waals surface area contributed by atoms with Crippen molar-refractivity contribution in [1.29, 1.82) is 0 Å². The minimum absolute atomic E-state index is 0.644. The Morgan fingerprint density at radius 3 is 2.67 bits per heavy atom. The van der Waals surface area contributed by atoms with Crippen LogP contribution in [0.5, 0.6) is 0 Å². The van der Waals surface area contributed by atoms with Crippen LogP contribution in [-0.4, -0.2) is 16.2 Å². The molecule has 0 atom stereocenters. The SMILES string of the molecule is c1cc2cn[nH]c2cc1NC1CCCCCCC1. The van der Waals surface area contributed by atoms with E-state index in [1.807, 2.05) is 6.20 Å². The number of nitrogens with one attached hydrogen (secondary N) is 2. The summed E-state index contributed by atoms with van der Waals surface area (Å²) in [5.74, 6) is 0. The van der Waals surface area contributed by atoms with Gasteiger partial charge in [-0.3, -0.25) is 5.10 Å². The van der Waals surface area contributed by atoms with Gasteiger partial charge >= 0.3 is 0 Å². The van der Waals surface area contributed by atoms with Crippen LogP contribution in [0.15, 0.2) is 24.4 Å². The molecule has 1 aliphatic carbocycles. The fraction of sp³-hybridized carbons (Fsp3) is 0.533. The van der Waals surface area contributed by atoms with Gasteiger partial charge in [0.2, 0.25) is 0 Å². The van der Waals surface area contributed by atoms with Gasteiger partial charge in [-0.15, -0.1) is 0 Å². The van der Waals surface area contributed by atoms with Gasteiger partial charge in [0.15, 0.2) is 0 Å². The second-order valence-corrected chi connectivity index (χ2v) is 5.36. The molecule has 0 aliphatic heterocycles. The highest BCUT2D eigenvalue weighted by molar-refractivity contribution is 5.81. The van der Waals surface area contributed by atoms with Crippen molar-refractivity contribution in [2.24, 2.45) is 0 Å². The van der Waals surface area contributed by atoms with Crippen molar-refractivity contribution in [2.45, 2.75) is 51.0 Å². The topological polar surface area (TPSA) is 40.7 Å². The molecule has 0 saturated heterocycles. The van der Waals surface area contributed by atoms with Crippen molar-refractivity contribution >= 4 is 16.6 Å². The standard InChI is InChI=1S/C15H21N3/c1-2-4-6-13(7-5-3-1)17-14-9-8-12-11-16-18-15(12)10-14/h8-11,13,17H,1-7H2,(H,16,18). The van der Waals surface area contributed by atoms with Crippen molar-refractivity contribution in [3.8, 4) is 0 Å². The second kappa shape index (κ2) is 5.42. The lowest BCUT2D eigenvalue weighted by Gasteiger charge is -2.22. The number of fused-ring (bicyclic) bond motifs is 1. The number of aromatic amines is 1. The Morgan fingerprint density at radius 2 is 1.83 bits per heavy atom. The van der Waals surface area contributed by atoms with Gasteiger partial charge in [0.25, 0.3) is 0 Å². The zero-order valence-corrected chi connectivity index (χ0v) is 10.8. The van der Waals surface area contributed by atoms with Gasteiger partial charge in [0.05, 0.1) is 11.7 Å². The van der Waals surface area contributed by atoms with E-state index in [0.29, 0.717) is 6.04 Å². The third-order valence-electron chi connectivity index (χ3n) is 3.92. The van der Waals surface area contributed by atoms with Crippen LogP contribution in [0, 0.1) is 0 Å². The fourth-order valence-corrected chi connectivity index (χ4v) is 2.86. The maximum Gasteiger partial charge on any atom is 0.0670 e. The summed E-state index contributed by atoms with van der Waals surface area (Å²) in [4.78, 5) is 0. The summed E-state index contributed by atoms with van der Waals surface area (Å²) in [6, 6.07) is 7.10. The molecule has 96 valence electrons. The number of nitrogens with zero attached hydrogens (tertiary/aromatic N) is 1. The Balaban J connectivity index is 1.69. The quantitative estimate of drug-likeness (QED) is 0.834. The number of benzene rings is 1.